The predicted molar refractivity (Wildman–Crippen MR) is 80.5 cm³/mol. The van der Waals surface area contributed by atoms with Gasteiger partial charge in [0.15, 0.2) is 0 Å². The lowest BCUT2D eigenvalue weighted by Gasteiger charge is -2.38. The van der Waals surface area contributed by atoms with Crippen molar-refractivity contribution in [2.45, 2.75) is 25.8 Å². The minimum atomic E-state index is 0.569. The third kappa shape index (κ3) is 3.13. The van der Waals surface area contributed by atoms with Gasteiger partial charge < -0.3 is 4.90 Å². The standard InChI is InChI=1S/C16H23ClN2/c1-18-9-2-7-16(12-18)8-10-19(13-16)11-14-3-5-15(17)6-4-14/h3-6H,2,7-13H2,1H3/t16-/m1/s1. The largest absolute Gasteiger partial charge is 0.306 e. The summed E-state index contributed by atoms with van der Waals surface area (Å²) in [5.74, 6) is 0. The molecule has 0 aliphatic carbocycles. The summed E-state index contributed by atoms with van der Waals surface area (Å²) in [4.78, 5) is 5.12. The van der Waals surface area contributed by atoms with Gasteiger partial charge in [0.1, 0.15) is 0 Å². The average molecular weight is 279 g/mol. The first-order valence-corrected chi connectivity index (χ1v) is 7.68. The molecule has 1 atom stereocenters. The van der Waals surface area contributed by atoms with Crippen molar-refractivity contribution < 1.29 is 0 Å². The van der Waals surface area contributed by atoms with E-state index in [4.69, 9.17) is 11.6 Å². The molecule has 2 nitrogen and oxygen atoms in total. The first-order valence-electron chi connectivity index (χ1n) is 7.31. The normalized spacial score (nSPS) is 29.2. The first-order chi connectivity index (χ1) is 9.15. The van der Waals surface area contributed by atoms with Gasteiger partial charge in [-0.2, -0.15) is 0 Å². The van der Waals surface area contributed by atoms with E-state index in [9.17, 15) is 0 Å². The van der Waals surface area contributed by atoms with Crippen molar-refractivity contribution in [3.8, 4) is 0 Å². The van der Waals surface area contributed by atoms with Gasteiger partial charge in [0.05, 0.1) is 0 Å². The van der Waals surface area contributed by atoms with Crippen LogP contribution in [0.3, 0.4) is 0 Å². The van der Waals surface area contributed by atoms with Gasteiger partial charge >= 0.3 is 0 Å². The summed E-state index contributed by atoms with van der Waals surface area (Å²) in [5, 5.41) is 0.829. The van der Waals surface area contributed by atoms with E-state index in [1.165, 1.54) is 51.0 Å². The summed E-state index contributed by atoms with van der Waals surface area (Å²) >= 11 is 5.94. The monoisotopic (exact) mass is 278 g/mol. The molecule has 0 aromatic heterocycles. The van der Waals surface area contributed by atoms with Gasteiger partial charge in [0.2, 0.25) is 0 Å². The number of piperidine rings is 1. The molecule has 0 radical (unpaired) electrons. The summed E-state index contributed by atoms with van der Waals surface area (Å²) in [6.45, 7) is 6.14. The molecule has 2 saturated heterocycles. The van der Waals surface area contributed by atoms with E-state index < -0.39 is 0 Å². The fraction of sp³-hybridized carbons (Fsp3) is 0.625. The lowest BCUT2D eigenvalue weighted by Crippen LogP contribution is -2.42. The van der Waals surface area contributed by atoms with Gasteiger partial charge in [-0.1, -0.05) is 23.7 Å². The highest BCUT2D eigenvalue weighted by atomic mass is 35.5. The molecule has 2 heterocycles. The molecule has 3 heteroatoms. The minimum absolute atomic E-state index is 0.569. The Bertz CT molecular complexity index is 431. The minimum Gasteiger partial charge on any atom is -0.306 e. The molecule has 19 heavy (non-hydrogen) atoms. The van der Waals surface area contributed by atoms with Crippen molar-refractivity contribution in [3.05, 3.63) is 34.9 Å². The zero-order valence-electron chi connectivity index (χ0n) is 11.7. The summed E-state index contributed by atoms with van der Waals surface area (Å²) in [5.41, 5.74) is 1.95. The van der Waals surface area contributed by atoms with Crippen LogP contribution in [0.2, 0.25) is 5.02 Å². The second kappa shape index (κ2) is 5.43. The average Bonchev–Trinajstić information content (AvgIpc) is 2.75. The van der Waals surface area contributed by atoms with Crippen molar-refractivity contribution in [1.29, 1.82) is 0 Å². The number of likely N-dealkylation sites (tertiary alicyclic amines) is 2. The molecule has 1 spiro atoms. The molecular formula is C16H23ClN2. The van der Waals surface area contributed by atoms with Gasteiger partial charge in [0.25, 0.3) is 0 Å². The third-order valence-electron chi connectivity index (χ3n) is 4.69. The molecule has 0 saturated carbocycles. The topological polar surface area (TPSA) is 6.48 Å². The molecule has 0 N–H and O–H groups in total. The van der Waals surface area contributed by atoms with Gasteiger partial charge in [0, 0.05) is 24.7 Å². The Morgan fingerprint density at radius 3 is 2.63 bits per heavy atom. The summed E-state index contributed by atoms with van der Waals surface area (Å²) in [7, 11) is 2.27. The van der Waals surface area contributed by atoms with E-state index >= 15 is 0 Å². The van der Waals surface area contributed by atoms with Crippen molar-refractivity contribution in [2.75, 3.05) is 33.2 Å². The summed E-state index contributed by atoms with van der Waals surface area (Å²) in [6, 6.07) is 8.30. The number of hydrogen-bond acceptors (Lipinski definition) is 2. The summed E-state index contributed by atoms with van der Waals surface area (Å²) in [6.07, 6.45) is 4.14. The molecule has 2 fully saturated rings. The Morgan fingerprint density at radius 2 is 1.89 bits per heavy atom. The zero-order chi connectivity index (χ0) is 13.3. The smallest absolute Gasteiger partial charge is 0.0406 e. The molecule has 2 aliphatic heterocycles. The Labute approximate surface area is 121 Å². The molecule has 0 amide bonds. The van der Waals surface area contributed by atoms with E-state index in [0.717, 1.165) is 11.6 Å². The zero-order valence-corrected chi connectivity index (χ0v) is 12.5. The fourth-order valence-corrected chi connectivity index (χ4v) is 3.92. The van der Waals surface area contributed by atoms with Crippen LogP contribution in [0, 0.1) is 5.41 Å². The van der Waals surface area contributed by atoms with E-state index in [-0.39, 0.29) is 0 Å². The van der Waals surface area contributed by atoms with Crippen LogP contribution in [-0.2, 0) is 6.54 Å². The van der Waals surface area contributed by atoms with Crippen LogP contribution in [0.15, 0.2) is 24.3 Å². The van der Waals surface area contributed by atoms with Crippen molar-refractivity contribution in [3.63, 3.8) is 0 Å². The molecular weight excluding hydrogens is 256 g/mol. The highest BCUT2D eigenvalue weighted by Crippen LogP contribution is 2.38. The SMILES string of the molecule is CN1CCC[C@@]2(CCN(Cc3ccc(Cl)cc3)C2)C1. The van der Waals surface area contributed by atoms with Crippen LogP contribution in [-0.4, -0.2) is 43.0 Å². The highest BCUT2D eigenvalue weighted by molar-refractivity contribution is 6.30. The lowest BCUT2D eigenvalue weighted by atomic mass is 9.79. The van der Waals surface area contributed by atoms with Crippen LogP contribution in [0.25, 0.3) is 0 Å². The van der Waals surface area contributed by atoms with Crippen molar-refractivity contribution in [1.82, 2.24) is 9.80 Å². The second-order valence-corrected chi connectivity index (χ2v) is 6.86. The Balaban J connectivity index is 1.61. The van der Waals surface area contributed by atoms with Crippen LogP contribution >= 0.6 is 11.6 Å². The highest BCUT2D eigenvalue weighted by Gasteiger charge is 2.40. The molecule has 1 aromatic rings. The van der Waals surface area contributed by atoms with Crippen molar-refractivity contribution >= 4 is 11.6 Å². The van der Waals surface area contributed by atoms with Crippen LogP contribution in [0.4, 0.5) is 0 Å². The Kier molecular flexibility index (Phi) is 3.84. The maximum atomic E-state index is 5.94. The molecule has 3 rings (SSSR count). The van der Waals surface area contributed by atoms with E-state index in [1.54, 1.807) is 0 Å². The van der Waals surface area contributed by atoms with Crippen LogP contribution < -0.4 is 0 Å². The molecule has 2 aliphatic rings. The Hall–Kier alpha value is -0.570. The summed E-state index contributed by atoms with van der Waals surface area (Å²) < 4.78 is 0. The number of benzene rings is 1. The molecule has 104 valence electrons. The van der Waals surface area contributed by atoms with Crippen LogP contribution in [0.1, 0.15) is 24.8 Å². The number of nitrogens with zero attached hydrogens (tertiary/aromatic N) is 2. The van der Waals surface area contributed by atoms with Gasteiger partial charge in [-0.25, -0.2) is 0 Å². The van der Waals surface area contributed by atoms with Gasteiger partial charge in [-0.15, -0.1) is 0 Å². The number of halogens is 1. The molecule has 1 aromatic carbocycles. The molecule has 0 bridgehead atoms. The van der Waals surface area contributed by atoms with Crippen LogP contribution in [0.5, 0.6) is 0 Å². The third-order valence-corrected chi connectivity index (χ3v) is 4.94. The maximum Gasteiger partial charge on any atom is 0.0406 e. The number of hydrogen-bond donors (Lipinski definition) is 0. The fourth-order valence-electron chi connectivity index (χ4n) is 3.80. The molecule has 0 unspecified atom stereocenters. The van der Waals surface area contributed by atoms with E-state index in [2.05, 4.69) is 29.0 Å². The van der Waals surface area contributed by atoms with E-state index in [0.29, 0.717) is 5.41 Å². The van der Waals surface area contributed by atoms with Gasteiger partial charge in [-0.05, 0) is 62.5 Å². The number of rotatable bonds is 2. The van der Waals surface area contributed by atoms with Gasteiger partial charge in [-0.3, -0.25) is 4.90 Å². The maximum absolute atomic E-state index is 5.94. The lowest BCUT2D eigenvalue weighted by molar-refractivity contribution is 0.112. The second-order valence-electron chi connectivity index (χ2n) is 6.43. The first kappa shape index (κ1) is 13.4. The Morgan fingerprint density at radius 1 is 1.11 bits per heavy atom. The predicted octanol–water partition coefficient (Wildman–Crippen LogP) is 3.26. The van der Waals surface area contributed by atoms with E-state index in [1.807, 2.05) is 12.1 Å². The quantitative estimate of drug-likeness (QED) is 0.819. The van der Waals surface area contributed by atoms with Crippen molar-refractivity contribution in [2.24, 2.45) is 5.41 Å².